The molecule has 23 heavy (non-hydrogen) atoms. The van der Waals surface area contributed by atoms with Crippen LogP contribution in [0.1, 0.15) is 51.8 Å². The highest BCUT2D eigenvalue weighted by atomic mass is 127. The van der Waals surface area contributed by atoms with Crippen LogP contribution in [0.25, 0.3) is 0 Å². The first kappa shape index (κ1) is 22.2. The molecule has 0 radical (unpaired) electrons. The molecule has 0 saturated carbocycles. The van der Waals surface area contributed by atoms with Crippen LogP contribution in [-0.4, -0.2) is 31.1 Å². The van der Waals surface area contributed by atoms with Gasteiger partial charge < -0.3 is 16.0 Å². The summed E-state index contributed by atoms with van der Waals surface area (Å²) < 4.78 is 0. The summed E-state index contributed by atoms with van der Waals surface area (Å²) in [4.78, 5) is 4.64. The molecule has 5 heteroatoms. The van der Waals surface area contributed by atoms with Gasteiger partial charge in [0.1, 0.15) is 0 Å². The highest BCUT2D eigenvalue weighted by molar-refractivity contribution is 14.0. The molecule has 1 aromatic carbocycles. The number of guanidine groups is 1. The lowest BCUT2D eigenvalue weighted by Gasteiger charge is -2.21. The highest BCUT2D eigenvalue weighted by Gasteiger charge is 2.10. The second-order valence-corrected chi connectivity index (χ2v) is 6.66. The number of hydrogen-bond acceptors (Lipinski definition) is 2. The molecule has 1 rings (SSSR count). The van der Waals surface area contributed by atoms with E-state index in [-0.39, 0.29) is 35.6 Å². The molecule has 4 nitrogen and oxygen atoms in total. The van der Waals surface area contributed by atoms with Crippen LogP contribution in [0.15, 0.2) is 29.3 Å². The van der Waals surface area contributed by atoms with Gasteiger partial charge in [0, 0.05) is 18.6 Å². The van der Waals surface area contributed by atoms with Crippen LogP contribution >= 0.6 is 24.0 Å². The minimum Gasteiger partial charge on any atom is -0.357 e. The van der Waals surface area contributed by atoms with E-state index in [0.717, 1.165) is 25.6 Å². The van der Waals surface area contributed by atoms with E-state index >= 15 is 0 Å². The van der Waals surface area contributed by atoms with Gasteiger partial charge in [-0.15, -0.1) is 24.0 Å². The van der Waals surface area contributed by atoms with Crippen LogP contribution in [-0.2, 0) is 0 Å². The summed E-state index contributed by atoms with van der Waals surface area (Å²) in [6.07, 6.45) is 0. The number of benzene rings is 1. The fourth-order valence-corrected chi connectivity index (χ4v) is 2.27. The lowest BCUT2D eigenvalue weighted by molar-refractivity contribution is 0.432. The maximum atomic E-state index is 4.64. The number of nitrogens with one attached hydrogen (secondary N) is 3. The Morgan fingerprint density at radius 3 is 2.43 bits per heavy atom. The Kier molecular flexibility index (Phi) is 10.5. The van der Waals surface area contributed by atoms with Crippen LogP contribution in [0.4, 0.5) is 0 Å². The van der Waals surface area contributed by atoms with Crippen LogP contribution in [0.3, 0.4) is 0 Å². The second-order valence-electron chi connectivity index (χ2n) is 6.66. The third kappa shape index (κ3) is 9.15. The maximum absolute atomic E-state index is 4.64. The highest BCUT2D eigenvalue weighted by Crippen LogP contribution is 2.16. The van der Waals surface area contributed by atoms with Crippen molar-refractivity contribution < 1.29 is 0 Å². The number of aryl methyl sites for hydroxylation is 1. The molecule has 0 amide bonds. The Bertz CT molecular complexity index is 480. The molecule has 0 spiro atoms. The van der Waals surface area contributed by atoms with Crippen LogP contribution in [0.2, 0.25) is 0 Å². The van der Waals surface area contributed by atoms with Crippen LogP contribution in [0.5, 0.6) is 0 Å². The summed E-state index contributed by atoms with van der Waals surface area (Å²) in [5.41, 5.74) is 2.74. The number of hydrogen-bond donors (Lipinski definition) is 3. The molecular formula is C18H33IN4. The molecule has 0 heterocycles. The van der Waals surface area contributed by atoms with Crippen LogP contribution < -0.4 is 16.0 Å². The van der Waals surface area contributed by atoms with Gasteiger partial charge in [-0.05, 0) is 52.7 Å². The Morgan fingerprint density at radius 1 is 1.22 bits per heavy atom. The Balaban J connectivity index is 0.00000484. The third-order valence-electron chi connectivity index (χ3n) is 3.39. The molecule has 0 fully saturated rings. The molecule has 0 aliphatic carbocycles. The predicted octanol–water partition coefficient (Wildman–Crippen LogP) is 3.62. The van der Waals surface area contributed by atoms with Gasteiger partial charge in [0.15, 0.2) is 5.96 Å². The standard InChI is InChI=1S/C18H32N4.HI/c1-7-19-17(20-12-13-21-18(4,5)6)22-15(3)16-11-9-8-10-14(16)2;/h8-11,15,21H,7,12-13H2,1-6H3,(H2,19,20,22);1H. The van der Waals surface area contributed by atoms with Gasteiger partial charge in [-0.25, -0.2) is 0 Å². The minimum atomic E-state index is 0. The SMILES string of the molecule is CCNC(=NCCNC(C)(C)C)NC(C)c1ccccc1C.I. The molecule has 0 aliphatic rings. The van der Waals surface area contributed by atoms with Crippen molar-refractivity contribution in [1.82, 2.24) is 16.0 Å². The Morgan fingerprint density at radius 2 is 1.87 bits per heavy atom. The monoisotopic (exact) mass is 432 g/mol. The Labute approximate surface area is 158 Å². The van der Waals surface area contributed by atoms with E-state index in [1.807, 2.05) is 0 Å². The lowest BCUT2D eigenvalue weighted by atomic mass is 10.0. The van der Waals surface area contributed by atoms with Gasteiger partial charge >= 0.3 is 0 Å². The fraction of sp³-hybridized carbons (Fsp3) is 0.611. The molecule has 1 atom stereocenters. The lowest BCUT2D eigenvalue weighted by Crippen LogP contribution is -2.40. The van der Waals surface area contributed by atoms with E-state index in [4.69, 9.17) is 0 Å². The quantitative estimate of drug-likeness (QED) is 0.279. The summed E-state index contributed by atoms with van der Waals surface area (Å²) in [6, 6.07) is 8.69. The van der Waals surface area contributed by atoms with Gasteiger partial charge in [-0.2, -0.15) is 0 Å². The normalized spacial score (nSPS) is 13.2. The van der Waals surface area contributed by atoms with Crippen LogP contribution in [0, 0.1) is 6.92 Å². The third-order valence-corrected chi connectivity index (χ3v) is 3.39. The zero-order valence-electron chi connectivity index (χ0n) is 15.4. The molecule has 0 aromatic heterocycles. The van der Waals surface area contributed by atoms with E-state index in [2.05, 4.69) is 86.8 Å². The molecule has 3 N–H and O–H groups in total. The smallest absolute Gasteiger partial charge is 0.191 e. The van der Waals surface area contributed by atoms with Crippen molar-refractivity contribution in [2.24, 2.45) is 4.99 Å². The summed E-state index contributed by atoms with van der Waals surface area (Å²) in [5.74, 6) is 0.869. The topological polar surface area (TPSA) is 48.5 Å². The van der Waals surface area contributed by atoms with Gasteiger partial charge in [-0.3, -0.25) is 4.99 Å². The van der Waals surface area contributed by atoms with E-state index in [9.17, 15) is 0 Å². The van der Waals surface area contributed by atoms with E-state index in [1.54, 1.807) is 0 Å². The van der Waals surface area contributed by atoms with Gasteiger partial charge in [0.05, 0.1) is 12.6 Å². The van der Waals surface area contributed by atoms with Crippen molar-refractivity contribution in [2.45, 2.75) is 53.1 Å². The summed E-state index contributed by atoms with van der Waals surface area (Å²) in [7, 11) is 0. The molecule has 0 saturated heterocycles. The second kappa shape index (κ2) is 10.9. The van der Waals surface area contributed by atoms with E-state index < -0.39 is 0 Å². The Hall–Kier alpha value is -0.820. The fourth-order valence-electron chi connectivity index (χ4n) is 2.27. The average Bonchev–Trinajstić information content (AvgIpc) is 2.43. The maximum Gasteiger partial charge on any atom is 0.191 e. The van der Waals surface area contributed by atoms with Crippen molar-refractivity contribution in [3.8, 4) is 0 Å². The van der Waals surface area contributed by atoms with Gasteiger partial charge in [0.25, 0.3) is 0 Å². The molecule has 1 aromatic rings. The van der Waals surface area contributed by atoms with Crippen molar-refractivity contribution in [2.75, 3.05) is 19.6 Å². The molecule has 0 bridgehead atoms. The predicted molar refractivity (Wildman–Crippen MR) is 112 cm³/mol. The van der Waals surface area contributed by atoms with Gasteiger partial charge in [-0.1, -0.05) is 24.3 Å². The molecule has 0 aliphatic heterocycles. The van der Waals surface area contributed by atoms with Crippen molar-refractivity contribution in [3.63, 3.8) is 0 Å². The zero-order chi connectivity index (χ0) is 16.6. The summed E-state index contributed by atoms with van der Waals surface area (Å²) in [5, 5.41) is 10.2. The summed E-state index contributed by atoms with van der Waals surface area (Å²) >= 11 is 0. The number of halogens is 1. The number of nitrogens with zero attached hydrogens (tertiary/aromatic N) is 1. The van der Waals surface area contributed by atoms with E-state index in [0.29, 0.717) is 0 Å². The van der Waals surface area contributed by atoms with E-state index in [1.165, 1.54) is 11.1 Å². The van der Waals surface area contributed by atoms with Gasteiger partial charge in [0.2, 0.25) is 0 Å². The number of aliphatic imine (C=N–C) groups is 1. The minimum absolute atomic E-state index is 0. The zero-order valence-corrected chi connectivity index (χ0v) is 17.7. The van der Waals surface area contributed by atoms with Crippen molar-refractivity contribution in [3.05, 3.63) is 35.4 Å². The average molecular weight is 432 g/mol. The first-order valence-electron chi connectivity index (χ1n) is 8.19. The first-order valence-corrected chi connectivity index (χ1v) is 8.19. The van der Waals surface area contributed by atoms with Crippen molar-refractivity contribution >= 4 is 29.9 Å². The summed E-state index contributed by atoms with van der Waals surface area (Å²) in [6.45, 7) is 15.4. The van der Waals surface area contributed by atoms with Crippen molar-refractivity contribution in [1.29, 1.82) is 0 Å². The largest absolute Gasteiger partial charge is 0.357 e. The first-order chi connectivity index (χ1) is 10.3. The molecular weight excluding hydrogens is 399 g/mol. The molecule has 132 valence electrons. The number of rotatable bonds is 6. The molecule has 1 unspecified atom stereocenters.